The number of carbonyl (C=O) groups is 2. The number of pyridine rings is 1. The van der Waals surface area contributed by atoms with Crippen molar-refractivity contribution in [3.63, 3.8) is 0 Å². The number of benzene rings is 1. The molecule has 2 aromatic rings. The molecule has 0 radical (unpaired) electrons. The summed E-state index contributed by atoms with van der Waals surface area (Å²) in [7, 11) is 0. The lowest BCUT2D eigenvalue weighted by Crippen LogP contribution is -2.48. The maximum Gasteiger partial charge on any atom is 0.294 e. The summed E-state index contributed by atoms with van der Waals surface area (Å²) in [5.41, 5.74) is 7.68. The lowest BCUT2D eigenvalue weighted by Gasteiger charge is -2.33. The number of hydrogen-bond donors (Lipinski definition) is 1. The van der Waals surface area contributed by atoms with Crippen molar-refractivity contribution in [2.24, 2.45) is 0 Å². The number of carbonyl (C=O) groups excluding carboxylic acids is 2. The number of fused-ring (bicyclic) bond motifs is 1. The van der Waals surface area contributed by atoms with Gasteiger partial charge in [0.05, 0.1) is 18.9 Å². The molecule has 28 heavy (non-hydrogen) atoms. The van der Waals surface area contributed by atoms with E-state index in [0.29, 0.717) is 43.4 Å². The Labute approximate surface area is 162 Å². The summed E-state index contributed by atoms with van der Waals surface area (Å²) >= 11 is 0. The predicted molar refractivity (Wildman–Crippen MR) is 103 cm³/mol. The van der Waals surface area contributed by atoms with Gasteiger partial charge in [0.1, 0.15) is 6.54 Å². The molecular formula is C20H20N4O4. The lowest BCUT2D eigenvalue weighted by molar-refractivity contribution is -0.135. The first-order valence-corrected chi connectivity index (χ1v) is 8.98. The van der Waals surface area contributed by atoms with Crippen LogP contribution < -0.4 is 15.4 Å². The van der Waals surface area contributed by atoms with E-state index in [9.17, 15) is 9.59 Å². The van der Waals surface area contributed by atoms with Gasteiger partial charge in [-0.15, -0.1) is 0 Å². The summed E-state index contributed by atoms with van der Waals surface area (Å²) < 4.78 is 11.1. The maximum atomic E-state index is 13.1. The van der Waals surface area contributed by atoms with E-state index in [4.69, 9.17) is 15.2 Å². The zero-order chi connectivity index (χ0) is 19.5. The minimum atomic E-state index is -0.379. The van der Waals surface area contributed by atoms with Crippen molar-refractivity contribution in [2.75, 3.05) is 43.5 Å². The Morgan fingerprint density at radius 2 is 1.93 bits per heavy atom. The summed E-state index contributed by atoms with van der Waals surface area (Å²) in [6, 6.07) is 8.55. The average molecular weight is 380 g/mol. The summed E-state index contributed by atoms with van der Waals surface area (Å²) in [5.74, 6) is 0.0500. The topological polar surface area (TPSA) is 98.0 Å². The highest BCUT2D eigenvalue weighted by Gasteiger charge is 2.33. The van der Waals surface area contributed by atoms with Gasteiger partial charge in [0.2, 0.25) is 5.91 Å². The minimum Gasteiger partial charge on any atom is -0.449 e. The molecule has 0 unspecified atom stereocenters. The summed E-state index contributed by atoms with van der Waals surface area (Å²) in [6.45, 7) is 1.97. The standard InChI is InChI=1S/C20H20N4O4/c21-15-1-2-16-17(12-15)28-18(11-14-3-5-22-6-4-14)20(26)24(16)13-19(25)23-7-9-27-10-8-23/h1-6,11-12H,7-10,13,21H2/b18-11+. The molecule has 4 rings (SSSR count). The second-order valence-corrected chi connectivity index (χ2v) is 6.50. The summed E-state index contributed by atoms with van der Waals surface area (Å²) in [6.07, 6.45) is 4.89. The predicted octanol–water partition coefficient (Wildman–Crippen LogP) is 1.29. The molecule has 2 aliphatic heterocycles. The van der Waals surface area contributed by atoms with Gasteiger partial charge in [-0.2, -0.15) is 0 Å². The second kappa shape index (κ2) is 7.69. The molecule has 1 fully saturated rings. The van der Waals surface area contributed by atoms with E-state index in [-0.39, 0.29) is 24.1 Å². The molecule has 0 bridgehead atoms. The molecule has 1 aromatic heterocycles. The Morgan fingerprint density at radius 3 is 2.68 bits per heavy atom. The van der Waals surface area contributed by atoms with Crippen molar-refractivity contribution >= 4 is 29.3 Å². The number of morpholine rings is 1. The van der Waals surface area contributed by atoms with Gasteiger partial charge in [-0.25, -0.2) is 0 Å². The first-order chi connectivity index (χ1) is 13.6. The fourth-order valence-corrected chi connectivity index (χ4v) is 3.15. The third kappa shape index (κ3) is 3.67. The number of rotatable bonds is 3. The monoisotopic (exact) mass is 380 g/mol. The van der Waals surface area contributed by atoms with Crippen LogP contribution in [0.2, 0.25) is 0 Å². The summed E-state index contributed by atoms with van der Waals surface area (Å²) in [5, 5.41) is 0. The molecular weight excluding hydrogens is 360 g/mol. The van der Waals surface area contributed by atoms with Crippen molar-refractivity contribution in [3.8, 4) is 5.75 Å². The molecule has 3 heterocycles. The fourth-order valence-electron chi connectivity index (χ4n) is 3.15. The third-order valence-corrected chi connectivity index (χ3v) is 4.61. The van der Waals surface area contributed by atoms with Gasteiger partial charge in [-0.1, -0.05) is 0 Å². The molecule has 0 atom stereocenters. The highest BCUT2D eigenvalue weighted by molar-refractivity contribution is 6.12. The Hall–Kier alpha value is -3.39. The number of aromatic nitrogens is 1. The molecule has 0 saturated carbocycles. The highest BCUT2D eigenvalue weighted by atomic mass is 16.5. The molecule has 0 spiro atoms. The van der Waals surface area contributed by atoms with Crippen LogP contribution in [0.4, 0.5) is 11.4 Å². The molecule has 1 saturated heterocycles. The number of nitrogens with zero attached hydrogens (tertiary/aromatic N) is 3. The molecule has 2 aliphatic rings. The lowest BCUT2D eigenvalue weighted by atomic mass is 10.1. The fraction of sp³-hybridized carbons (Fsp3) is 0.250. The summed E-state index contributed by atoms with van der Waals surface area (Å²) in [4.78, 5) is 32.9. The average Bonchev–Trinajstić information content (AvgIpc) is 2.72. The van der Waals surface area contributed by atoms with E-state index in [1.165, 1.54) is 4.90 Å². The van der Waals surface area contributed by atoms with E-state index in [0.717, 1.165) is 5.56 Å². The van der Waals surface area contributed by atoms with Crippen molar-refractivity contribution < 1.29 is 19.1 Å². The quantitative estimate of drug-likeness (QED) is 0.636. The largest absolute Gasteiger partial charge is 0.449 e. The molecule has 144 valence electrons. The van der Waals surface area contributed by atoms with Crippen molar-refractivity contribution in [1.29, 1.82) is 0 Å². The van der Waals surface area contributed by atoms with Gasteiger partial charge in [-0.05, 0) is 35.9 Å². The van der Waals surface area contributed by atoms with Gasteiger partial charge in [0.15, 0.2) is 11.5 Å². The zero-order valence-corrected chi connectivity index (χ0v) is 15.2. The van der Waals surface area contributed by atoms with Gasteiger partial charge in [-0.3, -0.25) is 19.5 Å². The second-order valence-electron chi connectivity index (χ2n) is 6.50. The van der Waals surface area contributed by atoms with Crippen LogP contribution in [0.15, 0.2) is 48.5 Å². The van der Waals surface area contributed by atoms with Gasteiger partial charge in [0, 0.05) is 37.2 Å². The van der Waals surface area contributed by atoms with Crippen LogP contribution in [0.1, 0.15) is 5.56 Å². The number of anilines is 2. The molecule has 1 aromatic carbocycles. The SMILES string of the molecule is Nc1ccc2c(c1)O/C(=C/c1ccncc1)C(=O)N2CC(=O)N1CCOCC1. The van der Waals surface area contributed by atoms with Crippen molar-refractivity contribution in [2.45, 2.75) is 0 Å². The highest BCUT2D eigenvalue weighted by Crippen LogP contribution is 2.37. The molecule has 2 amide bonds. The number of nitrogen functional groups attached to an aromatic ring is 1. The Bertz CT molecular complexity index is 923. The van der Waals surface area contributed by atoms with E-state index in [1.807, 2.05) is 0 Å². The molecule has 8 nitrogen and oxygen atoms in total. The Morgan fingerprint density at radius 1 is 1.18 bits per heavy atom. The van der Waals surface area contributed by atoms with Gasteiger partial charge in [0.25, 0.3) is 5.91 Å². The first-order valence-electron chi connectivity index (χ1n) is 8.98. The van der Waals surface area contributed by atoms with E-state index in [1.54, 1.807) is 53.7 Å². The van der Waals surface area contributed by atoms with Crippen LogP contribution in [0.5, 0.6) is 5.75 Å². The van der Waals surface area contributed by atoms with Crippen LogP contribution in [0.3, 0.4) is 0 Å². The third-order valence-electron chi connectivity index (χ3n) is 4.61. The molecule has 0 aliphatic carbocycles. The minimum absolute atomic E-state index is 0.0766. The van der Waals surface area contributed by atoms with Gasteiger partial charge >= 0.3 is 0 Å². The van der Waals surface area contributed by atoms with Crippen LogP contribution in [-0.4, -0.2) is 54.5 Å². The zero-order valence-electron chi connectivity index (χ0n) is 15.2. The van der Waals surface area contributed by atoms with Gasteiger partial charge < -0.3 is 20.1 Å². The van der Waals surface area contributed by atoms with Crippen LogP contribution in [-0.2, 0) is 14.3 Å². The normalized spacial score (nSPS) is 18.0. The number of amides is 2. The number of nitrogens with two attached hydrogens (primary N) is 1. The maximum absolute atomic E-state index is 13.1. The van der Waals surface area contributed by atoms with Crippen molar-refractivity contribution in [1.82, 2.24) is 9.88 Å². The molecule has 8 heteroatoms. The van der Waals surface area contributed by atoms with Crippen molar-refractivity contribution in [3.05, 3.63) is 54.0 Å². The van der Waals surface area contributed by atoms with E-state index < -0.39 is 0 Å². The first kappa shape index (κ1) is 18.0. The van der Waals surface area contributed by atoms with E-state index in [2.05, 4.69) is 4.98 Å². The number of hydrogen-bond acceptors (Lipinski definition) is 6. The Kier molecular flexibility index (Phi) is 4.94. The number of ether oxygens (including phenoxy) is 2. The smallest absolute Gasteiger partial charge is 0.294 e. The molecule has 2 N–H and O–H groups in total. The van der Waals surface area contributed by atoms with Crippen LogP contribution in [0, 0.1) is 0 Å². The van der Waals surface area contributed by atoms with E-state index >= 15 is 0 Å². The van der Waals surface area contributed by atoms with Crippen LogP contribution in [0.25, 0.3) is 6.08 Å². The Balaban J connectivity index is 1.66. The van der Waals surface area contributed by atoms with Crippen LogP contribution >= 0.6 is 0 Å².